The maximum Gasteiger partial charge on any atom is 0.261 e. The van der Waals surface area contributed by atoms with Crippen molar-refractivity contribution in [2.24, 2.45) is 0 Å². The maximum absolute atomic E-state index is 10.6. The molecule has 1 rings (SSSR count). The number of thiol groups is 1. The number of aromatic nitrogens is 1. The summed E-state index contributed by atoms with van der Waals surface area (Å²) in [7, 11) is 0. The molecule has 0 bridgehead atoms. The fourth-order valence-electron chi connectivity index (χ4n) is 0.536. The lowest BCUT2D eigenvalue weighted by Crippen LogP contribution is -2.05. The van der Waals surface area contributed by atoms with Crippen LogP contribution in [0.25, 0.3) is 0 Å². The Bertz CT molecular complexity index is 336. The predicted octanol–water partition coefficient (Wildman–Crippen LogP) is 0.535. The smallest absolute Gasteiger partial charge is 0.261 e. The zero-order valence-corrected chi connectivity index (χ0v) is 5.85. The van der Waals surface area contributed by atoms with Crippen LogP contribution in [0.15, 0.2) is 22.0 Å². The number of H-pyrrole nitrogens is 1. The highest BCUT2D eigenvalue weighted by Gasteiger charge is 1.93. The van der Waals surface area contributed by atoms with Crippen molar-refractivity contribution in [3.05, 3.63) is 28.2 Å². The van der Waals surface area contributed by atoms with Gasteiger partial charge < -0.3 is 4.98 Å². The van der Waals surface area contributed by atoms with Gasteiger partial charge in [0.1, 0.15) is 6.07 Å². The molecule has 0 saturated carbocycles. The quantitative estimate of drug-likeness (QED) is 0.533. The molecule has 0 aliphatic heterocycles. The topological polar surface area (TPSA) is 56.6 Å². The summed E-state index contributed by atoms with van der Waals surface area (Å²) in [4.78, 5) is 13.3. The number of nitrogens with zero attached hydrogens (tertiary/aromatic N) is 1. The molecule has 1 heterocycles. The minimum atomic E-state index is -0.276. The molecule has 0 spiro atoms. The van der Waals surface area contributed by atoms with Crippen molar-refractivity contribution in [1.82, 2.24) is 4.98 Å². The van der Waals surface area contributed by atoms with Crippen LogP contribution in [0.3, 0.4) is 0 Å². The van der Waals surface area contributed by atoms with E-state index in [1.807, 2.05) is 6.07 Å². The van der Waals surface area contributed by atoms with E-state index in [1.54, 1.807) is 0 Å². The van der Waals surface area contributed by atoms with E-state index in [-0.39, 0.29) is 10.5 Å². The monoisotopic (exact) mass is 152 g/mol. The van der Waals surface area contributed by atoms with Crippen molar-refractivity contribution in [3.8, 4) is 6.07 Å². The fourth-order valence-corrected chi connectivity index (χ4v) is 0.740. The van der Waals surface area contributed by atoms with Gasteiger partial charge in [-0.05, 0) is 6.07 Å². The Balaban J connectivity index is 3.34. The van der Waals surface area contributed by atoms with Crippen LogP contribution in [0.2, 0.25) is 0 Å². The van der Waals surface area contributed by atoms with Crippen molar-refractivity contribution in [1.29, 1.82) is 5.26 Å². The van der Waals surface area contributed by atoms with Gasteiger partial charge in [-0.25, -0.2) is 0 Å². The molecule has 1 aromatic rings. The molecule has 0 atom stereocenters. The lowest BCUT2D eigenvalue weighted by atomic mass is 10.3. The number of nitrogens with one attached hydrogen (secondary N) is 1. The molecule has 0 fully saturated rings. The van der Waals surface area contributed by atoms with E-state index in [1.165, 1.54) is 12.3 Å². The van der Waals surface area contributed by atoms with Crippen LogP contribution in [0.4, 0.5) is 0 Å². The van der Waals surface area contributed by atoms with Crippen LogP contribution in [0.1, 0.15) is 5.56 Å². The van der Waals surface area contributed by atoms with Crippen LogP contribution < -0.4 is 5.56 Å². The van der Waals surface area contributed by atoms with Gasteiger partial charge in [0, 0.05) is 6.20 Å². The fraction of sp³-hybridized carbons (Fsp3) is 0. The first kappa shape index (κ1) is 6.90. The van der Waals surface area contributed by atoms with E-state index in [0.717, 1.165) is 0 Å². The zero-order valence-electron chi connectivity index (χ0n) is 4.96. The Morgan fingerprint density at radius 1 is 1.70 bits per heavy atom. The van der Waals surface area contributed by atoms with Crippen molar-refractivity contribution in [2.45, 2.75) is 4.90 Å². The predicted molar refractivity (Wildman–Crippen MR) is 39.0 cm³/mol. The summed E-state index contributed by atoms with van der Waals surface area (Å²) in [5, 5.41) is 8.35. The van der Waals surface area contributed by atoms with Gasteiger partial charge in [-0.2, -0.15) is 5.26 Å². The lowest BCUT2D eigenvalue weighted by molar-refractivity contribution is 1.13. The van der Waals surface area contributed by atoms with Crippen LogP contribution in [0.5, 0.6) is 0 Å². The maximum atomic E-state index is 10.6. The molecule has 0 saturated heterocycles. The number of aromatic amines is 1. The summed E-state index contributed by atoms with van der Waals surface area (Å²) in [6.07, 6.45) is 1.35. The number of hydrogen-bond acceptors (Lipinski definition) is 3. The summed E-state index contributed by atoms with van der Waals surface area (Å²) in [5.41, 5.74) is 0.131. The standard InChI is InChI=1S/C6H4N2OS/c7-2-4-1-5(10)6(9)8-3-4/h1,3,10H,(H,8,9). The van der Waals surface area contributed by atoms with E-state index >= 15 is 0 Å². The first-order valence-electron chi connectivity index (χ1n) is 2.56. The first-order valence-corrected chi connectivity index (χ1v) is 3.00. The molecule has 0 aliphatic rings. The number of rotatable bonds is 0. The number of hydrogen-bond donors (Lipinski definition) is 2. The lowest BCUT2D eigenvalue weighted by Gasteiger charge is -1.88. The van der Waals surface area contributed by atoms with E-state index < -0.39 is 0 Å². The minimum Gasteiger partial charge on any atom is -0.327 e. The van der Waals surface area contributed by atoms with Gasteiger partial charge in [-0.3, -0.25) is 4.79 Å². The third-order valence-corrected chi connectivity index (χ3v) is 1.34. The molecule has 0 unspecified atom stereocenters. The van der Waals surface area contributed by atoms with Gasteiger partial charge in [-0.1, -0.05) is 0 Å². The highest BCUT2D eigenvalue weighted by molar-refractivity contribution is 7.80. The second kappa shape index (κ2) is 2.58. The van der Waals surface area contributed by atoms with E-state index in [4.69, 9.17) is 5.26 Å². The summed E-state index contributed by atoms with van der Waals surface area (Å²) in [6, 6.07) is 3.29. The van der Waals surface area contributed by atoms with Gasteiger partial charge in [0.2, 0.25) is 0 Å². The zero-order chi connectivity index (χ0) is 7.56. The third-order valence-electron chi connectivity index (χ3n) is 1.01. The molecule has 10 heavy (non-hydrogen) atoms. The summed E-state index contributed by atoms with van der Waals surface area (Å²) < 4.78 is 0. The van der Waals surface area contributed by atoms with Crippen molar-refractivity contribution in [2.75, 3.05) is 0 Å². The molecule has 0 aliphatic carbocycles. The molecule has 1 N–H and O–H groups in total. The Kier molecular flexibility index (Phi) is 1.78. The van der Waals surface area contributed by atoms with Crippen LogP contribution >= 0.6 is 12.6 Å². The van der Waals surface area contributed by atoms with Crippen molar-refractivity contribution in [3.63, 3.8) is 0 Å². The van der Waals surface area contributed by atoms with Gasteiger partial charge >= 0.3 is 0 Å². The SMILES string of the molecule is N#Cc1c[nH]c(=O)c(S)c1. The molecule has 0 radical (unpaired) electrons. The number of nitriles is 1. The summed E-state index contributed by atoms with van der Waals surface area (Å²) in [6.45, 7) is 0. The molecule has 1 aromatic heterocycles. The normalized spacial score (nSPS) is 8.80. The van der Waals surface area contributed by atoms with E-state index in [9.17, 15) is 4.79 Å². The number of pyridine rings is 1. The Morgan fingerprint density at radius 2 is 2.40 bits per heavy atom. The molecular weight excluding hydrogens is 148 g/mol. The average Bonchev–Trinajstić information content (AvgIpc) is 1.95. The molecular formula is C6H4N2OS. The summed E-state index contributed by atoms with van der Waals surface area (Å²) >= 11 is 3.83. The van der Waals surface area contributed by atoms with Crippen LogP contribution in [-0.2, 0) is 0 Å². The Hall–Kier alpha value is -1.21. The second-order valence-electron chi connectivity index (χ2n) is 1.71. The highest BCUT2D eigenvalue weighted by Crippen LogP contribution is 1.99. The first-order chi connectivity index (χ1) is 4.74. The second-order valence-corrected chi connectivity index (χ2v) is 2.20. The van der Waals surface area contributed by atoms with Crippen LogP contribution in [0, 0.1) is 11.3 Å². The van der Waals surface area contributed by atoms with E-state index in [0.29, 0.717) is 5.56 Å². The Morgan fingerprint density at radius 3 is 2.90 bits per heavy atom. The van der Waals surface area contributed by atoms with E-state index in [2.05, 4.69) is 17.6 Å². The highest BCUT2D eigenvalue weighted by atomic mass is 32.1. The average molecular weight is 152 g/mol. The summed E-state index contributed by atoms with van der Waals surface area (Å²) in [5.74, 6) is 0. The van der Waals surface area contributed by atoms with Crippen molar-refractivity contribution < 1.29 is 0 Å². The van der Waals surface area contributed by atoms with Gasteiger partial charge in [0.05, 0.1) is 10.5 Å². The van der Waals surface area contributed by atoms with Gasteiger partial charge in [0.15, 0.2) is 0 Å². The van der Waals surface area contributed by atoms with Gasteiger partial charge in [-0.15, -0.1) is 12.6 Å². The largest absolute Gasteiger partial charge is 0.327 e. The van der Waals surface area contributed by atoms with Gasteiger partial charge in [0.25, 0.3) is 5.56 Å². The van der Waals surface area contributed by atoms with Crippen LogP contribution in [-0.4, -0.2) is 4.98 Å². The van der Waals surface area contributed by atoms with Crippen molar-refractivity contribution >= 4 is 12.6 Å². The molecule has 50 valence electrons. The third kappa shape index (κ3) is 1.20. The molecule has 4 heteroatoms. The minimum absolute atomic E-state index is 0.263. The molecule has 3 nitrogen and oxygen atoms in total. The molecule has 0 aromatic carbocycles. The Labute approximate surface area is 62.7 Å². The molecule has 0 amide bonds.